The fraction of sp³-hybridized carbons (Fsp3) is 0.524. The number of benzene rings is 1. The SMILES string of the molecule is CC[C@@H]1CCN(c2ccc3c(=O)c(C(=O)O)cn(C4CC4)c3c2OC)C[C@H]1N. The third-order valence-electron chi connectivity index (χ3n) is 6.17. The number of fused-ring (bicyclic) bond motifs is 1. The van der Waals surface area contributed by atoms with Crippen molar-refractivity contribution in [1.82, 2.24) is 4.57 Å². The quantitative estimate of drug-likeness (QED) is 0.821. The smallest absolute Gasteiger partial charge is 0.341 e. The maximum absolute atomic E-state index is 12.8. The highest BCUT2D eigenvalue weighted by Gasteiger charge is 2.31. The van der Waals surface area contributed by atoms with E-state index in [-0.39, 0.29) is 17.6 Å². The summed E-state index contributed by atoms with van der Waals surface area (Å²) in [6.45, 7) is 3.79. The lowest BCUT2D eigenvalue weighted by molar-refractivity contribution is 0.0695. The summed E-state index contributed by atoms with van der Waals surface area (Å²) in [6, 6.07) is 3.90. The highest BCUT2D eigenvalue weighted by Crippen LogP contribution is 2.43. The Morgan fingerprint density at radius 1 is 1.32 bits per heavy atom. The minimum absolute atomic E-state index is 0.0964. The van der Waals surface area contributed by atoms with Crippen molar-refractivity contribution in [3.05, 3.63) is 34.1 Å². The van der Waals surface area contributed by atoms with Crippen molar-refractivity contribution in [2.45, 2.75) is 44.7 Å². The zero-order valence-corrected chi connectivity index (χ0v) is 16.4. The minimum Gasteiger partial charge on any atom is -0.492 e. The summed E-state index contributed by atoms with van der Waals surface area (Å²) in [4.78, 5) is 26.6. The van der Waals surface area contributed by atoms with E-state index in [1.807, 2.05) is 10.6 Å². The molecule has 2 aliphatic rings. The lowest BCUT2D eigenvalue weighted by Gasteiger charge is -2.38. The maximum Gasteiger partial charge on any atom is 0.341 e. The number of nitrogens with two attached hydrogens (primary N) is 1. The molecule has 1 aromatic heterocycles. The van der Waals surface area contributed by atoms with Crippen LogP contribution in [0.25, 0.3) is 10.9 Å². The van der Waals surface area contributed by atoms with Crippen LogP contribution >= 0.6 is 0 Å². The first-order chi connectivity index (χ1) is 13.5. The Labute approximate surface area is 163 Å². The van der Waals surface area contributed by atoms with Gasteiger partial charge >= 0.3 is 5.97 Å². The number of hydrogen-bond acceptors (Lipinski definition) is 5. The van der Waals surface area contributed by atoms with Crippen molar-refractivity contribution in [2.24, 2.45) is 11.7 Å². The van der Waals surface area contributed by atoms with Gasteiger partial charge in [-0.2, -0.15) is 0 Å². The third-order valence-corrected chi connectivity index (χ3v) is 6.17. The topological polar surface area (TPSA) is 97.8 Å². The van der Waals surface area contributed by atoms with Crippen molar-refractivity contribution in [2.75, 3.05) is 25.1 Å². The van der Waals surface area contributed by atoms with E-state index in [0.29, 0.717) is 22.6 Å². The van der Waals surface area contributed by atoms with Crippen LogP contribution in [0.15, 0.2) is 23.1 Å². The molecule has 2 heterocycles. The first kappa shape index (κ1) is 18.8. The van der Waals surface area contributed by atoms with E-state index in [1.165, 1.54) is 6.20 Å². The van der Waals surface area contributed by atoms with Crippen LogP contribution in [0, 0.1) is 5.92 Å². The van der Waals surface area contributed by atoms with Crippen LogP contribution in [0.3, 0.4) is 0 Å². The Balaban J connectivity index is 1.89. The third kappa shape index (κ3) is 3.03. The number of rotatable bonds is 5. The van der Waals surface area contributed by atoms with Gasteiger partial charge < -0.3 is 25.0 Å². The first-order valence-electron chi connectivity index (χ1n) is 9.95. The van der Waals surface area contributed by atoms with Crippen LogP contribution in [-0.4, -0.2) is 41.9 Å². The molecule has 1 saturated heterocycles. The largest absolute Gasteiger partial charge is 0.492 e. The molecular weight excluding hydrogens is 358 g/mol. The summed E-state index contributed by atoms with van der Waals surface area (Å²) >= 11 is 0. The molecule has 1 aromatic carbocycles. The average molecular weight is 385 g/mol. The maximum atomic E-state index is 12.8. The van der Waals surface area contributed by atoms with E-state index < -0.39 is 11.4 Å². The first-order valence-corrected chi connectivity index (χ1v) is 9.95. The molecule has 0 radical (unpaired) electrons. The van der Waals surface area contributed by atoms with Gasteiger partial charge in [-0.15, -0.1) is 0 Å². The second-order valence-electron chi connectivity index (χ2n) is 7.90. The van der Waals surface area contributed by atoms with Crippen LogP contribution in [0.1, 0.15) is 49.0 Å². The zero-order chi connectivity index (χ0) is 20.0. The number of piperidine rings is 1. The van der Waals surface area contributed by atoms with Crippen LogP contribution in [0.4, 0.5) is 5.69 Å². The fourth-order valence-electron chi connectivity index (χ4n) is 4.41. The normalized spacial score (nSPS) is 22.5. The Bertz CT molecular complexity index is 980. The number of pyridine rings is 1. The van der Waals surface area contributed by atoms with Gasteiger partial charge in [0.15, 0.2) is 5.75 Å². The molecule has 2 aromatic rings. The standard InChI is InChI=1S/C21H27N3O4/c1-3-12-8-9-23(11-16(12)22)17-7-6-14-18(20(17)28-2)24(13-4-5-13)10-15(19(14)25)21(26)27/h6-7,10,12-13,16H,3-5,8-9,11,22H2,1-2H3,(H,26,27)/t12-,16-/m1/s1. The zero-order valence-electron chi connectivity index (χ0n) is 16.4. The predicted molar refractivity (Wildman–Crippen MR) is 109 cm³/mol. The molecule has 1 aliphatic heterocycles. The average Bonchev–Trinajstić information content (AvgIpc) is 3.52. The van der Waals surface area contributed by atoms with E-state index in [2.05, 4.69) is 11.8 Å². The highest BCUT2D eigenvalue weighted by atomic mass is 16.5. The molecule has 0 unspecified atom stereocenters. The number of carboxylic acids is 1. The summed E-state index contributed by atoms with van der Waals surface area (Å²) in [7, 11) is 1.60. The van der Waals surface area contributed by atoms with Crippen LogP contribution in [0.5, 0.6) is 5.75 Å². The van der Waals surface area contributed by atoms with Crippen molar-refractivity contribution in [1.29, 1.82) is 0 Å². The van der Waals surface area contributed by atoms with E-state index in [4.69, 9.17) is 10.5 Å². The predicted octanol–water partition coefficient (Wildman–Crippen LogP) is 2.61. The van der Waals surface area contributed by atoms with Gasteiger partial charge in [0, 0.05) is 31.4 Å². The molecule has 1 aliphatic carbocycles. The van der Waals surface area contributed by atoms with Gasteiger partial charge in [-0.3, -0.25) is 4.79 Å². The number of aromatic nitrogens is 1. The van der Waals surface area contributed by atoms with Crippen LogP contribution in [-0.2, 0) is 0 Å². The molecule has 1 saturated carbocycles. The Hall–Kier alpha value is -2.54. The van der Waals surface area contributed by atoms with Crippen molar-refractivity contribution >= 4 is 22.6 Å². The second-order valence-corrected chi connectivity index (χ2v) is 7.90. The molecular formula is C21H27N3O4. The molecule has 7 nitrogen and oxygen atoms in total. The molecule has 0 amide bonds. The number of nitrogens with zero attached hydrogens (tertiary/aromatic N) is 2. The molecule has 0 spiro atoms. The van der Waals surface area contributed by atoms with Gasteiger partial charge in [0.25, 0.3) is 0 Å². The number of anilines is 1. The van der Waals surface area contributed by atoms with E-state index in [9.17, 15) is 14.7 Å². The van der Waals surface area contributed by atoms with E-state index >= 15 is 0 Å². The Kier molecular flexibility index (Phi) is 4.79. The van der Waals surface area contributed by atoms with Gasteiger partial charge in [-0.1, -0.05) is 13.3 Å². The number of carbonyl (C=O) groups is 1. The van der Waals surface area contributed by atoms with Crippen molar-refractivity contribution in [3.8, 4) is 5.75 Å². The lowest BCUT2D eigenvalue weighted by Crippen LogP contribution is -2.48. The summed E-state index contributed by atoms with van der Waals surface area (Å²) in [5, 5.41) is 9.84. The van der Waals surface area contributed by atoms with Gasteiger partial charge in [0.05, 0.1) is 23.7 Å². The molecule has 7 heteroatoms. The summed E-state index contributed by atoms with van der Waals surface area (Å²) in [5.41, 5.74) is 7.32. The summed E-state index contributed by atoms with van der Waals surface area (Å²) < 4.78 is 7.70. The van der Waals surface area contributed by atoms with Crippen LogP contribution < -0.4 is 20.8 Å². The molecule has 150 valence electrons. The minimum atomic E-state index is -1.20. The summed E-state index contributed by atoms with van der Waals surface area (Å²) in [5.74, 6) is -0.0528. The highest BCUT2D eigenvalue weighted by molar-refractivity contribution is 5.97. The number of ether oxygens (including phenoxy) is 1. The summed E-state index contributed by atoms with van der Waals surface area (Å²) in [6.07, 6.45) is 5.51. The monoisotopic (exact) mass is 385 g/mol. The van der Waals surface area contributed by atoms with Crippen molar-refractivity contribution in [3.63, 3.8) is 0 Å². The van der Waals surface area contributed by atoms with Gasteiger partial charge in [-0.05, 0) is 37.3 Å². The van der Waals surface area contributed by atoms with Crippen LogP contribution in [0.2, 0.25) is 0 Å². The molecule has 28 heavy (non-hydrogen) atoms. The lowest BCUT2D eigenvalue weighted by atomic mass is 9.89. The molecule has 4 rings (SSSR count). The van der Waals surface area contributed by atoms with Gasteiger partial charge in [0.2, 0.25) is 5.43 Å². The number of carboxylic acid groups (broad SMARTS) is 1. The molecule has 0 bridgehead atoms. The Morgan fingerprint density at radius 2 is 2.07 bits per heavy atom. The van der Waals surface area contributed by atoms with E-state index in [0.717, 1.165) is 44.5 Å². The van der Waals surface area contributed by atoms with Gasteiger partial charge in [0.1, 0.15) is 5.56 Å². The number of methoxy groups -OCH3 is 1. The molecule has 3 N–H and O–H groups in total. The van der Waals surface area contributed by atoms with Crippen molar-refractivity contribution < 1.29 is 14.6 Å². The molecule has 2 fully saturated rings. The van der Waals surface area contributed by atoms with Gasteiger partial charge in [-0.25, -0.2) is 4.79 Å². The Morgan fingerprint density at radius 3 is 2.64 bits per heavy atom. The fourth-order valence-corrected chi connectivity index (χ4v) is 4.41. The van der Waals surface area contributed by atoms with E-state index in [1.54, 1.807) is 13.2 Å². The molecule has 2 atom stereocenters. The second kappa shape index (κ2) is 7.13. The number of hydrogen-bond donors (Lipinski definition) is 2. The number of aromatic carboxylic acids is 1.